The van der Waals surface area contributed by atoms with Crippen LogP contribution in [-0.2, 0) is 18.3 Å². The van der Waals surface area contributed by atoms with E-state index >= 15 is 0 Å². The van der Waals surface area contributed by atoms with E-state index in [9.17, 15) is 4.79 Å². The first-order valence-electron chi connectivity index (χ1n) is 6.22. The summed E-state index contributed by atoms with van der Waals surface area (Å²) in [5.74, 6) is 1.38. The molecule has 0 aromatic carbocycles. The van der Waals surface area contributed by atoms with Crippen LogP contribution in [0.2, 0.25) is 0 Å². The first-order valence-corrected chi connectivity index (χ1v) is 6.22. The van der Waals surface area contributed by atoms with Crippen molar-refractivity contribution in [2.75, 3.05) is 0 Å². The number of aryl methyl sites for hydroxylation is 2. The van der Waals surface area contributed by atoms with Crippen molar-refractivity contribution in [1.29, 1.82) is 0 Å². The first kappa shape index (κ1) is 12.9. The largest absolute Gasteiger partial charge is 0.338 e. The Morgan fingerprint density at radius 2 is 2.12 bits per heavy atom. The highest BCUT2D eigenvalue weighted by atomic mass is 16.1. The fraction of sp³-hybridized carbons (Fsp3) is 0.692. The molecule has 0 spiro atoms. The molecule has 1 aromatic heterocycles. The van der Waals surface area contributed by atoms with Gasteiger partial charge in [-0.2, -0.15) is 0 Å². The zero-order valence-electron chi connectivity index (χ0n) is 10.4. The molecule has 0 saturated heterocycles. The topological polar surface area (TPSA) is 34.9 Å². The molecule has 16 heavy (non-hydrogen) atoms. The molecular weight excluding hydrogens is 200 g/mol. The minimum Gasteiger partial charge on any atom is -0.338 e. The summed E-state index contributed by atoms with van der Waals surface area (Å²) in [5.41, 5.74) is 0. The number of nitrogens with zero attached hydrogens (tertiary/aromatic N) is 2. The quantitative estimate of drug-likeness (QED) is 0.634. The third-order valence-electron chi connectivity index (χ3n) is 2.86. The SMILES string of the molecule is CCCCCCC(=O)CCc1nccn1C. The summed E-state index contributed by atoms with van der Waals surface area (Å²) >= 11 is 0. The van der Waals surface area contributed by atoms with Gasteiger partial charge in [-0.3, -0.25) is 4.79 Å². The van der Waals surface area contributed by atoms with Crippen molar-refractivity contribution in [2.24, 2.45) is 7.05 Å². The number of hydrogen-bond acceptors (Lipinski definition) is 2. The number of hydrogen-bond donors (Lipinski definition) is 0. The summed E-state index contributed by atoms with van der Waals surface area (Å²) < 4.78 is 1.98. The summed E-state index contributed by atoms with van der Waals surface area (Å²) in [6, 6.07) is 0. The minimum absolute atomic E-state index is 0.374. The maximum Gasteiger partial charge on any atom is 0.133 e. The van der Waals surface area contributed by atoms with Gasteiger partial charge in [0.05, 0.1) is 0 Å². The van der Waals surface area contributed by atoms with Crippen LogP contribution in [0.4, 0.5) is 0 Å². The van der Waals surface area contributed by atoms with Crippen LogP contribution in [0.5, 0.6) is 0 Å². The molecule has 0 aliphatic carbocycles. The molecule has 3 nitrogen and oxygen atoms in total. The van der Waals surface area contributed by atoms with E-state index in [4.69, 9.17) is 0 Å². The van der Waals surface area contributed by atoms with E-state index in [2.05, 4.69) is 11.9 Å². The Labute approximate surface area is 97.9 Å². The van der Waals surface area contributed by atoms with Crippen molar-refractivity contribution in [3.63, 3.8) is 0 Å². The lowest BCUT2D eigenvalue weighted by Gasteiger charge is -2.02. The fourth-order valence-electron chi connectivity index (χ4n) is 1.76. The van der Waals surface area contributed by atoms with Crippen molar-refractivity contribution in [3.05, 3.63) is 18.2 Å². The van der Waals surface area contributed by atoms with E-state index in [-0.39, 0.29) is 0 Å². The smallest absolute Gasteiger partial charge is 0.133 e. The zero-order chi connectivity index (χ0) is 11.8. The van der Waals surface area contributed by atoms with Crippen LogP contribution in [0, 0.1) is 0 Å². The molecule has 0 N–H and O–H groups in total. The summed E-state index contributed by atoms with van der Waals surface area (Å²) in [6.45, 7) is 2.18. The van der Waals surface area contributed by atoms with Gasteiger partial charge in [-0.15, -0.1) is 0 Å². The van der Waals surface area contributed by atoms with Crippen molar-refractivity contribution < 1.29 is 4.79 Å². The number of ketones is 1. The molecule has 0 saturated carbocycles. The summed E-state index contributed by atoms with van der Waals surface area (Å²) in [6.07, 6.45) is 10.5. The lowest BCUT2D eigenvalue weighted by atomic mass is 10.1. The summed E-state index contributed by atoms with van der Waals surface area (Å²) in [7, 11) is 1.97. The minimum atomic E-state index is 0.374. The van der Waals surface area contributed by atoms with Crippen molar-refractivity contribution in [2.45, 2.75) is 51.9 Å². The monoisotopic (exact) mass is 222 g/mol. The molecule has 3 heteroatoms. The normalized spacial score (nSPS) is 10.6. The van der Waals surface area contributed by atoms with Crippen LogP contribution in [-0.4, -0.2) is 15.3 Å². The highest BCUT2D eigenvalue weighted by Crippen LogP contribution is 2.06. The Kier molecular flexibility index (Phi) is 5.83. The van der Waals surface area contributed by atoms with Gasteiger partial charge < -0.3 is 4.57 Å². The maximum absolute atomic E-state index is 11.6. The first-order chi connectivity index (χ1) is 7.74. The molecule has 0 amide bonds. The van der Waals surface area contributed by atoms with Gasteiger partial charge in [-0.05, 0) is 6.42 Å². The Morgan fingerprint density at radius 1 is 1.31 bits per heavy atom. The Balaban J connectivity index is 2.13. The van der Waals surface area contributed by atoms with Crippen molar-refractivity contribution in [1.82, 2.24) is 9.55 Å². The van der Waals surface area contributed by atoms with E-state index in [1.165, 1.54) is 19.3 Å². The molecule has 1 rings (SSSR count). The second kappa shape index (κ2) is 7.20. The summed E-state index contributed by atoms with van der Waals surface area (Å²) in [4.78, 5) is 15.8. The van der Waals surface area contributed by atoms with Gasteiger partial charge in [0, 0.05) is 38.7 Å². The molecule has 0 unspecified atom stereocenters. The molecule has 0 radical (unpaired) electrons. The molecule has 0 aliphatic heterocycles. The molecule has 90 valence electrons. The van der Waals surface area contributed by atoms with Gasteiger partial charge in [-0.1, -0.05) is 26.2 Å². The maximum atomic E-state index is 11.6. The lowest BCUT2D eigenvalue weighted by molar-refractivity contribution is -0.119. The Bertz CT molecular complexity index is 317. The molecular formula is C13H22N2O. The number of aromatic nitrogens is 2. The molecule has 0 bridgehead atoms. The molecule has 1 aromatic rings. The van der Waals surface area contributed by atoms with Gasteiger partial charge in [-0.25, -0.2) is 4.98 Å². The molecule has 0 aliphatic rings. The van der Waals surface area contributed by atoms with Crippen LogP contribution in [0.1, 0.15) is 51.3 Å². The predicted molar refractivity (Wildman–Crippen MR) is 65.3 cm³/mol. The fourth-order valence-corrected chi connectivity index (χ4v) is 1.76. The number of carbonyl (C=O) groups excluding carboxylic acids is 1. The van der Waals surface area contributed by atoms with Gasteiger partial charge in [0.1, 0.15) is 11.6 Å². The van der Waals surface area contributed by atoms with Crippen LogP contribution in [0.25, 0.3) is 0 Å². The average molecular weight is 222 g/mol. The van der Waals surface area contributed by atoms with Crippen LogP contribution in [0.15, 0.2) is 12.4 Å². The van der Waals surface area contributed by atoms with E-state index in [0.717, 1.165) is 25.1 Å². The highest BCUT2D eigenvalue weighted by molar-refractivity contribution is 5.78. The van der Waals surface area contributed by atoms with E-state index < -0.39 is 0 Å². The predicted octanol–water partition coefficient (Wildman–Crippen LogP) is 2.89. The standard InChI is InChI=1S/C13H22N2O/c1-3-4-5-6-7-12(16)8-9-13-14-10-11-15(13)2/h10-11H,3-9H2,1-2H3. The van der Waals surface area contributed by atoms with Gasteiger partial charge in [0.2, 0.25) is 0 Å². The zero-order valence-corrected chi connectivity index (χ0v) is 10.4. The van der Waals surface area contributed by atoms with E-state index in [1.807, 2.05) is 17.8 Å². The third-order valence-corrected chi connectivity index (χ3v) is 2.86. The number of unbranched alkanes of at least 4 members (excludes halogenated alkanes) is 3. The number of imidazole rings is 1. The molecule has 0 fully saturated rings. The Hall–Kier alpha value is -1.12. The molecule has 0 atom stereocenters. The summed E-state index contributed by atoms with van der Waals surface area (Å²) in [5, 5.41) is 0. The Morgan fingerprint density at radius 3 is 2.75 bits per heavy atom. The second-order valence-electron chi connectivity index (χ2n) is 4.30. The number of Topliss-reactive ketones (excluding diaryl/α,β-unsaturated/α-hetero) is 1. The third kappa shape index (κ3) is 4.60. The van der Waals surface area contributed by atoms with Gasteiger partial charge in [0.25, 0.3) is 0 Å². The van der Waals surface area contributed by atoms with E-state index in [0.29, 0.717) is 12.2 Å². The van der Waals surface area contributed by atoms with Crippen LogP contribution >= 0.6 is 0 Å². The number of carbonyl (C=O) groups is 1. The molecule has 1 heterocycles. The average Bonchev–Trinajstić information content (AvgIpc) is 2.67. The van der Waals surface area contributed by atoms with Crippen molar-refractivity contribution in [3.8, 4) is 0 Å². The highest BCUT2D eigenvalue weighted by Gasteiger charge is 2.05. The van der Waals surface area contributed by atoms with Crippen LogP contribution < -0.4 is 0 Å². The second-order valence-corrected chi connectivity index (χ2v) is 4.30. The lowest BCUT2D eigenvalue weighted by Crippen LogP contribution is -2.04. The van der Waals surface area contributed by atoms with Gasteiger partial charge >= 0.3 is 0 Å². The van der Waals surface area contributed by atoms with Crippen molar-refractivity contribution >= 4 is 5.78 Å². The van der Waals surface area contributed by atoms with E-state index in [1.54, 1.807) is 6.20 Å². The number of rotatable bonds is 8. The van der Waals surface area contributed by atoms with Gasteiger partial charge in [0.15, 0.2) is 0 Å². The van der Waals surface area contributed by atoms with Crippen LogP contribution in [0.3, 0.4) is 0 Å².